The third kappa shape index (κ3) is 5.69. The second-order valence-corrected chi connectivity index (χ2v) is 7.42. The number of hydrogen-bond donors (Lipinski definition) is 2. The second kappa shape index (κ2) is 10.2. The van der Waals surface area contributed by atoms with Crippen LogP contribution in [-0.2, 0) is 4.74 Å². The van der Waals surface area contributed by atoms with E-state index in [1.807, 2.05) is 6.07 Å². The molecule has 11 nitrogen and oxygen atoms in total. The normalized spacial score (nSPS) is 21.8. The Bertz CT molecular complexity index is 872. The van der Waals surface area contributed by atoms with E-state index in [1.54, 1.807) is 19.5 Å². The van der Waals surface area contributed by atoms with E-state index in [4.69, 9.17) is 19.9 Å². The van der Waals surface area contributed by atoms with Gasteiger partial charge in [0.25, 0.3) is 0 Å². The zero-order chi connectivity index (χ0) is 21.5. The summed E-state index contributed by atoms with van der Waals surface area (Å²) >= 11 is 0. The van der Waals surface area contributed by atoms with E-state index < -0.39 is 0 Å². The van der Waals surface area contributed by atoms with Gasteiger partial charge in [0, 0.05) is 26.6 Å². The number of aliphatic imine (C=N–C) groups is 1. The summed E-state index contributed by atoms with van der Waals surface area (Å²) in [5.74, 6) is 2.51. The van der Waals surface area contributed by atoms with Crippen molar-refractivity contribution in [1.82, 2.24) is 19.9 Å². The average molecular weight is 431 g/mol. The van der Waals surface area contributed by atoms with Crippen LogP contribution in [0.4, 0.5) is 17.5 Å². The van der Waals surface area contributed by atoms with Gasteiger partial charge >= 0.3 is 6.01 Å². The minimum absolute atomic E-state index is 0. The summed E-state index contributed by atoms with van der Waals surface area (Å²) < 4.78 is 16.6. The van der Waals surface area contributed by atoms with Crippen LogP contribution in [0.5, 0.6) is 11.9 Å². The third-order valence-electron chi connectivity index (χ3n) is 5.36. The molecule has 0 unspecified atom stereocenters. The van der Waals surface area contributed by atoms with Gasteiger partial charge in [0.15, 0.2) is 5.82 Å². The van der Waals surface area contributed by atoms with Gasteiger partial charge in [-0.15, -0.1) is 0 Å². The molecule has 2 aromatic rings. The predicted octanol–water partition coefficient (Wildman–Crippen LogP) is 1.78. The van der Waals surface area contributed by atoms with Crippen molar-refractivity contribution in [1.29, 1.82) is 0 Å². The molecular weight excluding hydrogens is 400 g/mol. The van der Waals surface area contributed by atoms with E-state index in [2.05, 4.69) is 35.1 Å². The zero-order valence-electron chi connectivity index (χ0n) is 17.6. The van der Waals surface area contributed by atoms with Gasteiger partial charge in [0.05, 0.1) is 39.1 Å². The molecule has 0 spiro atoms. The highest BCUT2D eigenvalue weighted by Gasteiger charge is 2.24. The maximum absolute atomic E-state index is 6.14. The fraction of sp³-hybridized carbons (Fsp3) is 0.550. The Morgan fingerprint density at radius 1 is 1.19 bits per heavy atom. The molecule has 168 valence electrons. The summed E-state index contributed by atoms with van der Waals surface area (Å²) in [6.07, 6.45) is 8.26. The van der Waals surface area contributed by atoms with Crippen molar-refractivity contribution >= 4 is 23.8 Å². The summed E-state index contributed by atoms with van der Waals surface area (Å²) in [4.78, 5) is 23.8. The number of aromatic nitrogens is 4. The standard InChI is InChI=1S/C20H28N8O3.H2/c1-29-19-12-22-17(11-23-19)25-14-2-4-15(5-3-14)31-20-26-16(24-13-21)10-18(27-20)28-6-8-30-9-7-28;/h10-15H,2-9H2,1H3,(H,22,25)(H2,21,24,26,27);1H. The van der Waals surface area contributed by atoms with Crippen molar-refractivity contribution in [2.45, 2.75) is 37.8 Å². The third-order valence-corrected chi connectivity index (χ3v) is 5.36. The van der Waals surface area contributed by atoms with Crippen molar-refractivity contribution in [3.05, 3.63) is 18.5 Å². The first-order chi connectivity index (χ1) is 15.2. The Kier molecular flexibility index (Phi) is 6.92. The summed E-state index contributed by atoms with van der Waals surface area (Å²) in [5, 5.41) is 3.43. The van der Waals surface area contributed by atoms with E-state index >= 15 is 0 Å². The van der Waals surface area contributed by atoms with Crippen molar-refractivity contribution in [2.75, 3.05) is 43.6 Å². The summed E-state index contributed by atoms with van der Waals surface area (Å²) in [7, 11) is 1.57. The number of morpholine rings is 1. The molecule has 1 saturated heterocycles. The topological polar surface area (TPSA) is 133 Å². The fourth-order valence-electron chi connectivity index (χ4n) is 3.73. The molecular formula is C20H30N8O3. The molecule has 2 fully saturated rings. The summed E-state index contributed by atoms with van der Waals surface area (Å²) in [5.41, 5.74) is 5.47. The van der Waals surface area contributed by atoms with E-state index in [0.717, 1.165) is 50.4 Å². The number of methoxy groups -OCH3 is 1. The van der Waals surface area contributed by atoms with Gasteiger partial charge in [-0.1, -0.05) is 0 Å². The first kappa shape index (κ1) is 21.0. The van der Waals surface area contributed by atoms with E-state index in [-0.39, 0.29) is 7.53 Å². The summed E-state index contributed by atoms with van der Waals surface area (Å²) in [6.45, 7) is 2.89. The fourth-order valence-corrected chi connectivity index (χ4v) is 3.73. The minimum Gasteiger partial charge on any atom is -0.480 e. The highest BCUT2D eigenvalue weighted by molar-refractivity contribution is 5.59. The Labute approximate surface area is 182 Å². The van der Waals surface area contributed by atoms with Crippen LogP contribution >= 0.6 is 0 Å². The van der Waals surface area contributed by atoms with Gasteiger partial charge in [-0.2, -0.15) is 9.97 Å². The van der Waals surface area contributed by atoms with Crippen LogP contribution in [-0.4, -0.2) is 71.8 Å². The van der Waals surface area contributed by atoms with Gasteiger partial charge in [0.1, 0.15) is 17.7 Å². The molecule has 0 aromatic carbocycles. The number of nitrogens with two attached hydrogens (primary N) is 1. The number of rotatable bonds is 7. The van der Waals surface area contributed by atoms with Gasteiger partial charge < -0.3 is 30.2 Å². The van der Waals surface area contributed by atoms with Crippen LogP contribution in [0.15, 0.2) is 23.5 Å². The monoisotopic (exact) mass is 430 g/mol. The van der Waals surface area contributed by atoms with Crippen LogP contribution in [0.25, 0.3) is 0 Å². The van der Waals surface area contributed by atoms with Gasteiger partial charge in [-0.3, -0.25) is 0 Å². The number of ether oxygens (including phenoxy) is 3. The Morgan fingerprint density at radius 3 is 2.68 bits per heavy atom. The van der Waals surface area contributed by atoms with Crippen molar-refractivity contribution in [3.8, 4) is 11.9 Å². The first-order valence-corrected chi connectivity index (χ1v) is 10.5. The molecule has 11 heteroatoms. The molecule has 0 radical (unpaired) electrons. The maximum atomic E-state index is 6.14. The number of nitrogens with one attached hydrogen (secondary N) is 1. The number of nitrogens with zero attached hydrogens (tertiary/aromatic N) is 6. The smallest absolute Gasteiger partial charge is 0.320 e. The van der Waals surface area contributed by atoms with E-state index in [9.17, 15) is 0 Å². The predicted molar refractivity (Wildman–Crippen MR) is 118 cm³/mol. The lowest BCUT2D eigenvalue weighted by molar-refractivity contribution is 0.121. The molecule has 0 amide bonds. The Hall–Kier alpha value is -3.21. The zero-order valence-corrected chi connectivity index (χ0v) is 17.6. The summed E-state index contributed by atoms with van der Waals surface area (Å²) in [6, 6.07) is 2.47. The molecule has 2 aromatic heterocycles. The minimum atomic E-state index is 0. The molecule has 2 aliphatic rings. The molecule has 0 atom stereocenters. The largest absolute Gasteiger partial charge is 0.480 e. The Balaban J connectivity index is 0.00000289. The van der Waals surface area contributed by atoms with Crippen molar-refractivity contribution < 1.29 is 15.6 Å². The molecule has 1 aliphatic heterocycles. The van der Waals surface area contributed by atoms with Crippen LogP contribution < -0.4 is 25.4 Å². The van der Waals surface area contributed by atoms with Gasteiger partial charge in [0.2, 0.25) is 5.88 Å². The SMILES string of the molecule is COc1cnc(NC2CCC(Oc3nc(/N=C\N)cc(N4CCOCC4)n3)CC2)cn1.[HH]. The lowest BCUT2D eigenvalue weighted by Gasteiger charge is -2.30. The molecule has 3 heterocycles. The highest BCUT2D eigenvalue weighted by Crippen LogP contribution is 2.27. The molecule has 3 N–H and O–H groups in total. The lowest BCUT2D eigenvalue weighted by atomic mass is 9.93. The van der Waals surface area contributed by atoms with E-state index in [1.165, 1.54) is 6.34 Å². The van der Waals surface area contributed by atoms with Gasteiger partial charge in [-0.05, 0) is 25.7 Å². The van der Waals surface area contributed by atoms with Crippen LogP contribution in [0, 0.1) is 0 Å². The van der Waals surface area contributed by atoms with Crippen molar-refractivity contribution in [3.63, 3.8) is 0 Å². The average Bonchev–Trinajstić information content (AvgIpc) is 2.81. The van der Waals surface area contributed by atoms with E-state index in [0.29, 0.717) is 37.0 Å². The lowest BCUT2D eigenvalue weighted by Crippen LogP contribution is -2.37. The van der Waals surface area contributed by atoms with Gasteiger partial charge in [-0.25, -0.2) is 15.0 Å². The van der Waals surface area contributed by atoms with Crippen molar-refractivity contribution in [2.24, 2.45) is 10.7 Å². The Morgan fingerprint density at radius 2 is 2.00 bits per heavy atom. The molecule has 1 aliphatic carbocycles. The first-order valence-electron chi connectivity index (χ1n) is 10.5. The van der Waals surface area contributed by atoms with Crippen LogP contribution in [0.1, 0.15) is 27.1 Å². The quantitative estimate of drug-likeness (QED) is 0.494. The molecule has 0 bridgehead atoms. The maximum Gasteiger partial charge on any atom is 0.320 e. The highest BCUT2D eigenvalue weighted by atomic mass is 16.5. The van der Waals surface area contributed by atoms with Crippen LogP contribution in [0.2, 0.25) is 0 Å². The second-order valence-electron chi connectivity index (χ2n) is 7.42. The molecule has 4 rings (SSSR count). The number of anilines is 2. The molecule has 1 saturated carbocycles. The number of hydrogen-bond acceptors (Lipinski definition) is 10. The van der Waals surface area contributed by atoms with Crippen LogP contribution in [0.3, 0.4) is 0 Å². The molecule has 31 heavy (non-hydrogen) atoms.